The zero-order valence-electron chi connectivity index (χ0n) is 12.3. The van der Waals surface area contributed by atoms with Crippen molar-refractivity contribution in [2.45, 2.75) is 26.8 Å². The van der Waals surface area contributed by atoms with Crippen LogP contribution in [0.2, 0.25) is 0 Å². The first-order valence-electron chi connectivity index (χ1n) is 6.91. The lowest BCUT2D eigenvalue weighted by Gasteiger charge is -2.07. The summed E-state index contributed by atoms with van der Waals surface area (Å²) in [4.78, 5) is 8.86. The summed E-state index contributed by atoms with van der Waals surface area (Å²) in [6, 6.07) is 5.98. The van der Waals surface area contributed by atoms with Crippen LogP contribution in [0.4, 0.5) is 0 Å². The monoisotopic (exact) mass is 271 g/mol. The van der Waals surface area contributed by atoms with Gasteiger partial charge in [0.15, 0.2) is 5.82 Å². The van der Waals surface area contributed by atoms with Crippen LogP contribution in [0.15, 0.2) is 30.6 Å². The van der Waals surface area contributed by atoms with E-state index in [9.17, 15) is 0 Å². The molecular weight excluding hydrogens is 250 g/mol. The zero-order valence-corrected chi connectivity index (χ0v) is 12.3. The molecule has 2 aromatic rings. The molecule has 0 aliphatic carbocycles. The lowest BCUT2D eigenvalue weighted by Crippen LogP contribution is -2.14. The quantitative estimate of drug-likeness (QED) is 0.821. The van der Waals surface area contributed by atoms with Crippen LogP contribution in [0.1, 0.15) is 24.5 Å². The van der Waals surface area contributed by atoms with E-state index in [-0.39, 0.29) is 0 Å². The van der Waals surface area contributed by atoms with Crippen molar-refractivity contribution < 1.29 is 4.74 Å². The van der Waals surface area contributed by atoms with E-state index in [0.29, 0.717) is 0 Å². The Kier molecular flexibility index (Phi) is 5.07. The summed E-state index contributed by atoms with van der Waals surface area (Å²) in [5, 5.41) is 3.34. The Hall–Kier alpha value is -1.94. The van der Waals surface area contributed by atoms with Gasteiger partial charge in [0, 0.05) is 30.1 Å². The number of nitrogens with one attached hydrogen (secondary N) is 1. The molecule has 1 aromatic heterocycles. The molecule has 106 valence electrons. The van der Waals surface area contributed by atoms with Gasteiger partial charge in [-0.15, -0.1) is 0 Å². The molecule has 0 saturated heterocycles. The summed E-state index contributed by atoms with van der Waals surface area (Å²) in [7, 11) is 1.68. The third kappa shape index (κ3) is 3.54. The predicted octanol–water partition coefficient (Wildman–Crippen LogP) is 2.96. The summed E-state index contributed by atoms with van der Waals surface area (Å²) in [6.07, 6.45) is 4.89. The van der Waals surface area contributed by atoms with Crippen molar-refractivity contribution in [1.29, 1.82) is 0 Å². The Bertz CT molecular complexity index is 552. The molecule has 1 heterocycles. The van der Waals surface area contributed by atoms with Gasteiger partial charge in [0.2, 0.25) is 0 Å². The number of aryl methyl sites for hydroxylation is 1. The van der Waals surface area contributed by atoms with Gasteiger partial charge < -0.3 is 10.1 Å². The van der Waals surface area contributed by atoms with Crippen LogP contribution in [0.3, 0.4) is 0 Å². The lowest BCUT2D eigenvalue weighted by atomic mass is 10.1. The van der Waals surface area contributed by atoms with Crippen LogP contribution in [0.5, 0.6) is 5.75 Å². The van der Waals surface area contributed by atoms with Gasteiger partial charge in [-0.3, -0.25) is 0 Å². The van der Waals surface area contributed by atoms with Gasteiger partial charge in [0.1, 0.15) is 5.75 Å². The second-order valence-electron chi connectivity index (χ2n) is 4.78. The molecule has 0 unspecified atom stereocenters. The van der Waals surface area contributed by atoms with Crippen molar-refractivity contribution in [2.75, 3.05) is 13.7 Å². The van der Waals surface area contributed by atoms with Crippen molar-refractivity contribution in [3.63, 3.8) is 0 Å². The highest BCUT2D eigenvalue weighted by Gasteiger charge is 2.05. The van der Waals surface area contributed by atoms with E-state index in [4.69, 9.17) is 4.74 Å². The van der Waals surface area contributed by atoms with Crippen molar-refractivity contribution >= 4 is 0 Å². The van der Waals surface area contributed by atoms with Gasteiger partial charge in [-0.2, -0.15) is 0 Å². The molecule has 4 heteroatoms. The Balaban J connectivity index is 2.11. The van der Waals surface area contributed by atoms with Crippen LogP contribution < -0.4 is 10.1 Å². The Morgan fingerprint density at radius 3 is 2.55 bits per heavy atom. The molecule has 0 atom stereocenters. The highest BCUT2D eigenvalue weighted by molar-refractivity contribution is 5.58. The van der Waals surface area contributed by atoms with E-state index >= 15 is 0 Å². The molecule has 2 rings (SSSR count). The molecule has 0 spiro atoms. The summed E-state index contributed by atoms with van der Waals surface area (Å²) >= 11 is 0. The number of nitrogens with zero attached hydrogens (tertiary/aromatic N) is 2. The topological polar surface area (TPSA) is 47.0 Å². The Labute approximate surface area is 120 Å². The zero-order chi connectivity index (χ0) is 14.4. The lowest BCUT2D eigenvalue weighted by molar-refractivity contribution is 0.412. The van der Waals surface area contributed by atoms with Crippen LogP contribution >= 0.6 is 0 Å². The number of methoxy groups -OCH3 is 1. The first-order valence-corrected chi connectivity index (χ1v) is 6.91. The van der Waals surface area contributed by atoms with Gasteiger partial charge in [-0.25, -0.2) is 9.97 Å². The van der Waals surface area contributed by atoms with E-state index < -0.39 is 0 Å². The molecule has 0 fully saturated rings. The standard InChI is InChI=1S/C16H21N3O/c1-4-7-17-9-13-10-18-16(19-11-13)14-5-6-15(20-3)12(2)8-14/h5-6,8,10-11,17H,4,7,9H2,1-3H3. The number of aromatic nitrogens is 2. The fraction of sp³-hybridized carbons (Fsp3) is 0.375. The fourth-order valence-corrected chi connectivity index (χ4v) is 2.02. The third-order valence-electron chi connectivity index (χ3n) is 3.11. The van der Waals surface area contributed by atoms with Gasteiger partial charge >= 0.3 is 0 Å². The van der Waals surface area contributed by atoms with E-state index in [1.807, 2.05) is 37.5 Å². The summed E-state index contributed by atoms with van der Waals surface area (Å²) < 4.78 is 5.26. The molecule has 0 saturated carbocycles. The first kappa shape index (κ1) is 14.5. The van der Waals surface area contributed by atoms with E-state index in [2.05, 4.69) is 22.2 Å². The van der Waals surface area contributed by atoms with Crippen LogP contribution in [0, 0.1) is 6.92 Å². The number of ether oxygens (including phenoxy) is 1. The molecule has 0 aliphatic heterocycles. The highest BCUT2D eigenvalue weighted by Crippen LogP contribution is 2.23. The van der Waals surface area contributed by atoms with Crippen LogP contribution in [-0.4, -0.2) is 23.6 Å². The van der Waals surface area contributed by atoms with E-state index in [1.165, 1.54) is 0 Å². The van der Waals surface area contributed by atoms with Crippen molar-refractivity contribution in [3.8, 4) is 17.1 Å². The normalized spacial score (nSPS) is 10.6. The molecule has 1 aromatic carbocycles. The molecule has 0 radical (unpaired) electrons. The second kappa shape index (κ2) is 7.01. The van der Waals surface area contributed by atoms with E-state index in [1.54, 1.807) is 7.11 Å². The minimum absolute atomic E-state index is 0.745. The average molecular weight is 271 g/mol. The fourth-order valence-electron chi connectivity index (χ4n) is 2.02. The van der Waals surface area contributed by atoms with E-state index in [0.717, 1.165) is 47.8 Å². The van der Waals surface area contributed by atoms with Gasteiger partial charge in [0.05, 0.1) is 7.11 Å². The minimum Gasteiger partial charge on any atom is -0.496 e. The largest absolute Gasteiger partial charge is 0.496 e. The number of benzene rings is 1. The molecule has 20 heavy (non-hydrogen) atoms. The maximum atomic E-state index is 5.26. The van der Waals surface area contributed by atoms with Gasteiger partial charge in [0.25, 0.3) is 0 Å². The van der Waals surface area contributed by atoms with Crippen molar-refractivity contribution in [3.05, 3.63) is 41.7 Å². The maximum Gasteiger partial charge on any atom is 0.159 e. The smallest absolute Gasteiger partial charge is 0.159 e. The van der Waals surface area contributed by atoms with Gasteiger partial charge in [-0.05, 0) is 43.7 Å². The Morgan fingerprint density at radius 1 is 1.20 bits per heavy atom. The predicted molar refractivity (Wildman–Crippen MR) is 80.8 cm³/mol. The number of hydrogen-bond acceptors (Lipinski definition) is 4. The molecular formula is C16H21N3O. The number of rotatable bonds is 6. The first-order chi connectivity index (χ1) is 9.74. The molecule has 0 aliphatic rings. The Morgan fingerprint density at radius 2 is 1.95 bits per heavy atom. The molecule has 1 N–H and O–H groups in total. The second-order valence-corrected chi connectivity index (χ2v) is 4.78. The summed E-state index contributed by atoms with van der Waals surface area (Å²) in [5.41, 5.74) is 3.20. The maximum absolute atomic E-state index is 5.26. The highest BCUT2D eigenvalue weighted by atomic mass is 16.5. The average Bonchev–Trinajstić information content (AvgIpc) is 2.48. The van der Waals surface area contributed by atoms with Crippen LogP contribution in [0.25, 0.3) is 11.4 Å². The van der Waals surface area contributed by atoms with Gasteiger partial charge in [-0.1, -0.05) is 6.92 Å². The third-order valence-corrected chi connectivity index (χ3v) is 3.11. The molecule has 4 nitrogen and oxygen atoms in total. The van der Waals surface area contributed by atoms with Crippen molar-refractivity contribution in [1.82, 2.24) is 15.3 Å². The molecule has 0 bridgehead atoms. The summed E-state index contributed by atoms with van der Waals surface area (Å²) in [5.74, 6) is 1.63. The SMILES string of the molecule is CCCNCc1cnc(-c2ccc(OC)c(C)c2)nc1. The number of hydrogen-bond donors (Lipinski definition) is 1. The molecule has 0 amide bonds. The minimum atomic E-state index is 0.745. The van der Waals surface area contributed by atoms with Crippen molar-refractivity contribution in [2.24, 2.45) is 0 Å². The van der Waals surface area contributed by atoms with Crippen LogP contribution in [-0.2, 0) is 6.54 Å². The summed E-state index contributed by atoms with van der Waals surface area (Å²) in [6.45, 7) is 6.00.